The molecule has 0 saturated heterocycles. The van der Waals surface area contributed by atoms with Crippen LogP contribution in [0.5, 0.6) is 0 Å². The van der Waals surface area contributed by atoms with Crippen molar-refractivity contribution in [2.24, 2.45) is 0 Å². The molecule has 1 aromatic rings. The number of hydrogen-bond acceptors (Lipinski definition) is 6. The quantitative estimate of drug-likeness (QED) is 0.742. The molecule has 0 radical (unpaired) electrons. The largest absolute Gasteiger partial charge is 0.467 e. The van der Waals surface area contributed by atoms with Gasteiger partial charge in [0.2, 0.25) is 6.35 Å². The highest BCUT2D eigenvalue weighted by Gasteiger charge is 2.41. The summed E-state index contributed by atoms with van der Waals surface area (Å²) in [5.74, 6) is -0.556. The Labute approximate surface area is 116 Å². The molecule has 0 saturated carbocycles. The number of ether oxygens (including phenoxy) is 1. The second-order valence-corrected chi connectivity index (χ2v) is 5.21. The minimum atomic E-state index is -1.08. The third-order valence-electron chi connectivity index (χ3n) is 3.59. The van der Waals surface area contributed by atoms with E-state index in [1.165, 1.54) is 34.9 Å². The fraction of sp³-hybridized carbons (Fsp3) is 0.583. The van der Waals surface area contributed by atoms with E-state index in [1.807, 2.05) is 0 Å². The number of carbonyl (C=O) groups is 2. The Morgan fingerprint density at radius 1 is 1.40 bits per heavy atom. The summed E-state index contributed by atoms with van der Waals surface area (Å²) in [6.07, 6.45) is 0.321. The van der Waals surface area contributed by atoms with E-state index < -0.39 is 23.8 Å². The number of methoxy groups -OCH3 is 1. The maximum absolute atomic E-state index is 12.3. The molecule has 0 aromatic carbocycles. The van der Waals surface area contributed by atoms with Gasteiger partial charge in [0, 0.05) is 14.1 Å². The van der Waals surface area contributed by atoms with Gasteiger partial charge in [-0.15, -0.1) is 0 Å². The molecule has 1 amide bonds. The van der Waals surface area contributed by atoms with Crippen molar-refractivity contribution in [2.45, 2.75) is 25.7 Å². The van der Waals surface area contributed by atoms with E-state index >= 15 is 0 Å². The highest BCUT2D eigenvalue weighted by molar-refractivity contribution is 6.00. The number of carbonyl (C=O) groups excluding carboxylic acids is 2. The topological polar surface area (TPSA) is 87.9 Å². The molecule has 8 nitrogen and oxygen atoms in total. The smallest absolute Gasteiger partial charge is 0.331 e. The third kappa shape index (κ3) is 1.75. The molecule has 0 bridgehead atoms. The summed E-state index contributed by atoms with van der Waals surface area (Å²) in [4.78, 5) is 31.0. The monoisotopic (exact) mass is 282 g/mol. The average Bonchev–Trinajstić information content (AvgIpc) is 2.87. The fourth-order valence-corrected chi connectivity index (χ4v) is 2.21. The third-order valence-corrected chi connectivity index (χ3v) is 3.59. The van der Waals surface area contributed by atoms with Gasteiger partial charge in [0.1, 0.15) is 5.54 Å². The van der Waals surface area contributed by atoms with Crippen LogP contribution in [-0.2, 0) is 15.1 Å². The second-order valence-electron chi connectivity index (χ2n) is 5.21. The lowest BCUT2D eigenvalue weighted by Gasteiger charge is -2.37. The first-order valence-corrected chi connectivity index (χ1v) is 6.07. The number of aliphatic hydroxyl groups excluding tert-OH is 1. The van der Waals surface area contributed by atoms with Gasteiger partial charge >= 0.3 is 5.97 Å². The summed E-state index contributed by atoms with van der Waals surface area (Å²) in [5, 5.41) is 9.92. The number of nitrogens with zero attached hydrogens (tertiary/aromatic N) is 4. The molecular formula is C12H18N4O4. The Bertz CT molecular complexity index is 566. The Morgan fingerprint density at radius 2 is 2.00 bits per heavy atom. The molecule has 0 spiro atoms. The van der Waals surface area contributed by atoms with E-state index in [9.17, 15) is 14.7 Å². The molecule has 110 valence electrons. The predicted octanol–water partition coefficient (Wildman–Crippen LogP) is -0.411. The van der Waals surface area contributed by atoms with Gasteiger partial charge in [-0.25, -0.2) is 9.78 Å². The molecule has 20 heavy (non-hydrogen) atoms. The summed E-state index contributed by atoms with van der Waals surface area (Å²) in [7, 11) is 4.39. The molecule has 1 aliphatic heterocycles. The van der Waals surface area contributed by atoms with Gasteiger partial charge in [0.25, 0.3) is 5.91 Å². The van der Waals surface area contributed by atoms with Crippen molar-refractivity contribution in [1.82, 2.24) is 14.5 Å². The number of anilines is 1. The lowest BCUT2D eigenvalue weighted by Crippen LogP contribution is -2.53. The van der Waals surface area contributed by atoms with Gasteiger partial charge in [-0.1, -0.05) is 0 Å². The van der Waals surface area contributed by atoms with Crippen molar-refractivity contribution in [3.05, 3.63) is 12.0 Å². The first-order chi connectivity index (χ1) is 9.23. The molecule has 1 aliphatic rings. The number of hydrogen-bond donors (Lipinski definition) is 1. The van der Waals surface area contributed by atoms with Crippen molar-refractivity contribution >= 4 is 17.7 Å². The Balaban J connectivity index is 2.60. The van der Waals surface area contributed by atoms with E-state index in [2.05, 4.69) is 4.98 Å². The van der Waals surface area contributed by atoms with E-state index in [-0.39, 0.29) is 5.69 Å². The highest BCUT2D eigenvalue weighted by atomic mass is 16.5. The van der Waals surface area contributed by atoms with Crippen LogP contribution in [0.25, 0.3) is 0 Å². The van der Waals surface area contributed by atoms with Crippen LogP contribution in [0.4, 0.5) is 5.82 Å². The lowest BCUT2D eigenvalue weighted by molar-refractivity contribution is -0.149. The first-order valence-electron chi connectivity index (χ1n) is 6.07. The zero-order valence-electron chi connectivity index (χ0n) is 12.1. The van der Waals surface area contributed by atoms with Crippen LogP contribution >= 0.6 is 0 Å². The number of esters is 1. The van der Waals surface area contributed by atoms with Crippen LogP contribution in [0.1, 0.15) is 24.3 Å². The zero-order valence-corrected chi connectivity index (χ0v) is 12.1. The number of aromatic nitrogens is 2. The van der Waals surface area contributed by atoms with Gasteiger partial charge in [-0.05, 0) is 13.8 Å². The van der Waals surface area contributed by atoms with E-state index in [1.54, 1.807) is 20.9 Å². The number of rotatable bonds is 2. The molecule has 1 unspecified atom stereocenters. The molecule has 2 heterocycles. The van der Waals surface area contributed by atoms with Gasteiger partial charge < -0.3 is 19.3 Å². The van der Waals surface area contributed by atoms with Crippen LogP contribution in [-0.4, -0.2) is 59.0 Å². The average molecular weight is 282 g/mol. The standard InChI is InChI=1S/C12H18N4O4/c1-12(2,10(18)20-5)16-6-13-8-7(16)9(17)15(4)11(19)14(8)3/h6,11,19H,1-5H3. The van der Waals surface area contributed by atoms with Crippen LogP contribution in [0, 0.1) is 0 Å². The zero-order chi connectivity index (χ0) is 15.2. The molecule has 0 aliphatic carbocycles. The molecule has 1 atom stereocenters. The van der Waals surface area contributed by atoms with Gasteiger partial charge in [0.05, 0.1) is 13.4 Å². The summed E-state index contributed by atoms with van der Waals surface area (Å²) < 4.78 is 6.23. The fourth-order valence-electron chi connectivity index (χ4n) is 2.21. The van der Waals surface area contributed by atoms with Crippen molar-refractivity contribution < 1.29 is 19.4 Å². The van der Waals surface area contributed by atoms with Gasteiger partial charge in [0.15, 0.2) is 11.5 Å². The first kappa shape index (κ1) is 14.3. The minimum Gasteiger partial charge on any atom is -0.467 e. The number of fused-ring (bicyclic) bond motifs is 1. The number of aliphatic hydroxyl groups is 1. The minimum absolute atomic E-state index is 0.246. The Kier molecular flexibility index (Phi) is 3.21. The van der Waals surface area contributed by atoms with Crippen molar-refractivity contribution in [1.29, 1.82) is 0 Å². The normalized spacial score (nSPS) is 19.1. The van der Waals surface area contributed by atoms with E-state index in [0.29, 0.717) is 5.82 Å². The summed E-state index contributed by atoms with van der Waals surface area (Å²) >= 11 is 0. The van der Waals surface area contributed by atoms with Crippen LogP contribution in [0.2, 0.25) is 0 Å². The maximum atomic E-state index is 12.3. The second kappa shape index (κ2) is 4.48. The van der Waals surface area contributed by atoms with Crippen LogP contribution in [0.3, 0.4) is 0 Å². The number of amides is 1. The van der Waals surface area contributed by atoms with Crippen molar-refractivity contribution in [3.8, 4) is 0 Å². The molecule has 1 aromatic heterocycles. The maximum Gasteiger partial charge on any atom is 0.331 e. The Hall–Kier alpha value is -2.09. The molecule has 2 rings (SSSR count). The van der Waals surface area contributed by atoms with E-state index in [0.717, 1.165) is 0 Å². The van der Waals surface area contributed by atoms with Crippen molar-refractivity contribution in [2.75, 3.05) is 26.1 Å². The molecule has 1 N–H and O–H groups in total. The Morgan fingerprint density at radius 3 is 2.55 bits per heavy atom. The van der Waals surface area contributed by atoms with Gasteiger partial charge in [-0.3, -0.25) is 9.69 Å². The SMILES string of the molecule is COC(=O)C(C)(C)n1cnc2c1C(=O)N(C)C(O)N2C. The predicted molar refractivity (Wildman–Crippen MR) is 70.1 cm³/mol. The van der Waals surface area contributed by atoms with Crippen molar-refractivity contribution in [3.63, 3.8) is 0 Å². The summed E-state index contributed by atoms with van der Waals surface area (Å²) in [5.41, 5.74) is -0.828. The van der Waals surface area contributed by atoms with E-state index in [4.69, 9.17) is 4.74 Å². The highest BCUT2D eigenvalue weighted by Crippen LogP contribution is 2.31. The molecule has 8 heteroatoms. The summed E-state index contributed by atoms with van der Waals surface area (Å²) in [6.45, 7) is 3.28. The van der Waals surface area contributed by atoms with Gasteiger partial charge in [-0.2, -0.15) is 0 Å². The number of imidazole rings is 1. The molecular weight excluding hydrogens is 264 g/mol. The van der Waals surface area contributed by atoms with Crippen LogP contribution in [0.15, 0.2) is 6.33 Å². The summed E-state index contributed by atoms with van der Waals surface area (Å²) in [6, 6.07) is 0. The van der Waals surface area contributed by atoms with Crippen LogP contribution < -0.4 is 4.90 Å². The molecule has 0 fully saturated rings. The lowest BCUT2D eigenvalue weighted by atomic mass is 10.0.